The lowest BCUT2D eigenvalue weighted by atomic mass is 10.1. The van der Waals surface area contributed by atoms with Crippen molar-refractivity contribution in [3.05, 3.63) is 58.8 Å². The summed E-state index contributed by atoms with van der Waals surface area (Å²) >= 11 is 0. The molecule has 0 aliphatic rings. The van der Waals surface area contributed by atoms with Gasteiger partial charge in [0, 0.05) is 30.2 Å². The summed E-state index contributed by atoms with van der Waals surface area (Å²) in [7, 11) is 3.08. The fraction of sp³-hybridized carbons (Fsp3) is 0.227. The van der Waals surface area contributed by atoms with Gasteiger partial charge in [-0.2, -0.15) is 0 Å². The van der Waals surface area contributed by atoms with E-state index in [0.29, 0.717) is 41.6 Å². The van der Waals surface area contributed by atoms with Gasteiger partial charge in [-0.05, 0) is 25.1 Å². The molecule has 0 unspecified atom stereocenters. The Balaban J connectivity index is 2.05. The lowest BCUT2D eigenvalue weighted by molar-refractivity contribution is 0.320. The maximum absolute atomic E-state index is 12.6. The zero-order valence-electron chi connectivity index (χ0n) is 16.1. The summed E-state index contributed by atoms with van der Waals surface area (Å²) in [6.07, 6.45) is 0.689. The van der Waals surface area contributed by atoms with Crippen molar-refractivity contribution < 1.29 is 23.7 Å². The molecule has 0 radical (unpaired) electrons. The number of aromatic hydroxyl groups is 1. The van der Waals surface area contributed by atoms with Gasteiger partial charge in [-0.3, -0.25) is 4.79 Å². The first-order valence-electron chi connectivity index (χ1n) is 8.73. The Labute approximate surface area is 162 Å². The molecule has 0 fully saturated rings. The predicted octanol–water partition coefficient (Wildman–Crippen LogP) is 4.53. The third-order valence-corrected chi connectivity index (χ3v) is 4.25. The number of methoxy groups -OCH3 is 2. The SMILES string of the molecule is C=C(C)CCOc1cc(O)c2c(=O)cc(-c3ccc(OC)c(OC)c3)oc2c1. The molecule has 6 nitrogen and oxygen atoms in total. The van der Waals surface area contributed by atoms with Crippen LogP contribution in [-0.4, -0.2) is 25.9 Å². The molecule has 1 heterocycles. The first-order chi connectivity index (χ1) is 13.4. The van der Waals surface area contributed by atoms with E-state index in [-0.39, 0.29) is 22.1 Å². The molecule has 1 aromatic heterocycles. The molecule has 0 amide bonds. The summed E-state index contributed by atoms with van der Waals surface area (Å²) in [5.41, 5.74) is 1.52. The molecule has 0 aliphatic heterocycles. The lowest BCUT2D eigenvalue weighted by Crippen LogP contribution is -2.02. The highest BCUT2D eigenvalue weighted by molar-refractivity contribution is 5.86. The van der Waals surface area contributed by atoms with E-state index < -0.39 is 0 Å². The van der Waals surface area contributed by atoms with Crippen LogP contribution >= 0.6 is 0 Å². The van der Waals surface area contributed by atoms with Crippen molar-refractivity contribution in [3.63, 3.8) is 0 Å². The van der Waals surface area contributed by atoms with E-state index in [2.05, 4.69) is 6.58 Å². The molecule has 0 spiro atoms. The summed E-state index contributed by atoms with van der Waals surface area (Å²) in [5.74, 6) is 1.66. The largest absolute Gasteiger partial charge is 0.507 e. The third kappa shape index (κ3) is 3.96. The van der Waals surface area contributed by atoms with Crippen molar-refractivity contribution in [1.82, 2.24) is 0 Å². The Morgan fingerprint density at radius 1 is 1.11 bits per heavy atom. The zero-order valence-corrected chi connectivity index (χ0v) is 16.1. The molecule has 2 aromatic carbocycles. The second kappa shape index (κ2) is 8.08. The van der Waals surface area contributed by atoms with Crippen LogP contribution in [0.2, 0.25) is 0 Å². The van der Waals surface area contributed by atoms with Crippen LogP contribution in [0.3, 0.4) is 0 Å². The van der Waals surface area contributed by atoms with Crippen LogP contribution < -0.4 is 19.6 Å². The van der Waals surface area contributed by atoms with E-state index in [4.69, 9.17) is 18.6 Å². The predicted molar refractivity (Wildman–Crippen MR) is 108 cm³/mol. The number of rotatable bonds is 7. The van der Waals surface area contributed by atoms with E-state index in [9.17, 15) is 9.90 Å². The molecule has 28 heavy (non-hydrogen) atoms. The minimum absolute atomic E-state index is 0.108. The molecule has 0 atom stereocenters. The van der Waals surface area contributed by atoms with Crippen LogP contribution in [-0.2, 0) is 0 Å². The molecule has 1 N–H and O–H groups in total. The van der Waals surface area contributed by atoms with Gasteiger partial charge in [-0.1, -0.05) is 5.57 Å². The topological polar surface area (TPSA) is 78.1 Å². The maximum Gasteiger partial charge on any atom is 0.197 e. The Hall–Kier alpha value is -3.41. The summed E-state index contributed by atoms with van der Waals surface area (Å²) in [6, 6.07) is 9.55. The monoisotopic (exact) mass is 382 g/mol. The van der Waals surface area contributed by atoms with Gasteiger partial charge in [0.15, 0.2) is 16.9 Å². The van der Waals surface area contributed by atoms with E-state index in [1.807, 2.05) is 6.92 Å². The van der Waals surface area contributed by atoms with Crippen LogP contribution in [0.25, 0.3) is 22.3 Å². The number of benzene rings is 2. The molecular weight excluding hydrogens is 360 g/mol. The van der Waals surface area contributed by atoms with Gasteiger partial charge in [-0.15, -0.1) is 6.58 Å². The van der Waals surface area contributed by atoms with Gasteiger partial charge in [0.05, 0.1) is 20.8 Å². The number of phenols is 1. The molecule has 146 valence electrons. The standard InChI is InChI=1S/C22H22O6/c1-13(2)7-8-27-15-10-16(23)22-17(24)12-19(28-21(22)11-15)14-5-6-18(25-3)20(9-14)26-4/h5-6,9-12,23H,1,7-8H2,2-4H3. The molecule has 6 heteroatoms. The van der Waals surface area contributed by atoms with Crippen molar-refractivity contribution >= 4 is 11.0 Å². The first kappa shape index (κ1) is 19.4. The quantitative estimate of drug-likeness (QED) is 0.605. The average Bonchev–Trinajstić information content (AvgIpc) is 2.66. The minimum Gasteiger partial charge on any atom is -0.507 e. The summed E-state index contributed by atoms with van der Waals surface area (Å²) in [4.78, 5) is 12.6. The van der Waals surface area contributed by atoms with E-state index >= 15 is 0 Å². The van der Waals surface area contributed by atoms with Gasteiger partial charge < -0.3 is 23.7 Å². The smallest absolute Gasteiger partial charge is 0.197 e. The number of fused-ring (bicyclic) bond motifs is 1. The highest BCUT2D eigenvalue weighted by atomic mass is 16.5. The molecule has 0 bridgehead atoms. The number of hydrogen-bond donors (Lipinski definition) is 1. The van der Waals surface area contributed by atoms with Crippen LogP contribution in [0.5, 0.6) is 23.0 Å². The summed E-state index contributed by atoms with van der Waals surface area (Å²) < 4.78 is 22.1. The van der Waals surface area contributed by atoms with Gasteiger partial charge >= 0.3 is 0 Å². The Bertz CT molecular complexity index is 1080. The van der Waals surface area contributed by atoms with Crippen LogP contribution in [0.4, 0.5) is 0 Å². The van der Waals surface area contributed by atoms with Gasteiger partial charge in [0.1, 0.15) is 28.2 Å². The molecule has 0 saturated carbocycles. The van der Waals surface area contributed by atoms with Crippen molar-refractivity contribution in [2.45, 2.75) is 13.3 Å². The highest BCUT2D eigenvalue weighted by Crippen LogP contribution is 2.35. The van der Waals surface area contributed by atoms with Gasteiger partial charge in [-0.25, -0.2) is 0 Å². The van der Waals surface area contributed by atoms with Crippen LogP contribution in [0.1, 0.15) is 13.3 Å². The fourth-order valence-corrected chi connectivity index (χ4v) is 2.80. The van der Waals surface area contributed by atoms with E-state index in [1.165, 1.54) is 19.2 Å². The van der Waals surface area contributed by atoms with Crippen molar-refractivity contribution in [2.75, 3.05) is 20.8 Å². The van der Waals surface area contributed by atoms with Gasteiger partial charge in [0.25, 0.3) is 0 Å². The molecule has 3 rings (SSSR count). The first-order valence-corrected chi connectivity index (χ1v) is 8.73. The van der Waals surface area contributed by atoms with E-state index in [0.717, 1.165) is 5.57 Å². The van der Waals surface area contributed by atoms with Gasteiger partial charge in [0.2, 0.25) is 0 Å². The zero-order chi connectivity index (χ0) is 20.3. The Morgan fingerprint density at radius 2 is 1.86 bits per heavy atom. The number of ether oxygens (including phenoxy) is 3. The molecule has 0 saturated heterocycles. The lowest BCUT2D eigenvalue weighted by Gasteiger charge is -2.11. The Kier molecular flexibility index (Phi) is 5.59. The second-order valence-electron chi connectivity index (χ2n) is 6.42. The highest BCUT2D eigenvalue weighted by Gasteiger charge is 2.14. The third-order valence-electron chi connectivity index (χ3n) is 4.25. The van der Waals surface area contributed by atoms with Crippen LogP contribution in [0.15, 0.2) is 57.8 Å². The van der Waals surface area contributed by atoms with Crippen molar-refractivity contribution in [3.8, 4) is 34.3 Å². The maximum atomic E-state index is 12.6. The van der Waals surface area contributed by atoms with E-state index in [1.54, 1.807) is 31.4 Å². The fourth-order valence-electron chi connectivity index (χ4n) is 2.80. The summed E-state index contributed by atoms with van der Waals surface area (Å²) in [6.45, 7) is 6.16. The second-order valence-corrected chi connectivity index (χ2v) is 6.42. The average molecular weight is 382 g/mol. The minimum atomic E-state index is -0.350. The summed E-state index contributed by atoms with van der Waals surface area (Å²) in [5, 5.41) is 10.4. The molecule has 0 aliphatic carbocycles. The van der Waals surface area contributed by atoms with Crippen molar-refractivity contribution in [2.24, 2.45) is 0 Å². The number of phenolic OH excluding ortho intramolecular Hbond substituents is 1. The van der Waals surface area contributed by atoms with Crippen molar-refractivity contribution in [1.29, 1.82) is 0 Å². The van der Waals surface area contributed by atoms with Crippen LogP contribution in [0, 0.1) is 0 Å². The normalized spacial score (nSPS) is 10.7. The number of hydrogen-bond acceptors (Lipinski definition) is 6. The molecule has 3 aromatic rings. The molecular formula is C22H22O6. The Morgan fingerprint density at radius 3 is 2.54 bits per heavy atom.